The summed E-state index contributed by atoms with van der Waals surface area (Å²) in [4.78, 5) is 18.0. The van der Waals surface area contributed by atoms with Gasteiger partial charge in [0.05, 0.1) is 18.1 Å². The molecular formula is C20H26ClN3O2S. The zero-order chi connectivity index (χ0) is 19.1. The quantitative estimate of drug-likeness (QED) is 0.730. The van der Waals surface area contributed by atoms with E-state index in [0.29, 0.717) is 24.7 Å². The Morgan fingerprint density at radius 1 is 1.19 bits per heavy atom. The lowest BCUT2D eigenvalue weighted by molar-refractivity contribution is -0.122. The van der Waals surface area contributed by atoms with Crippen molar-refractivity contribution in [3.63, 3.8) is 0 Å². The van der Waals surface area contributed by atoms with Crippen LogP contribution in [0.15, 0.2) is 35.7 Å². The molecule has 1 saturated heterocycles. The molecule has 1 aromatic carbocycles. The van der Waals surface area contributed by atoms with E-state index in [0.717, 1.165) is 38.5 Å². The van der Waals surface area contributed by atoms with Crippen LogP contribution in [0.1, 0.15) is 10.4 Å². The first kappa shape index (κ1) is 20.1. The Labute approximate surface area is 169 Å². The van der Waals surface area contributed by atoms with Crippen molar-refractivity contribution >= 4 is 28.8 Å². The number of amides is 1. The highest BCUT2D eigenvalue weighted by atomic mass is 35.5. The molecule has 1 N–H and O–H groups in total. The van der Waals surface area contributed by atoms with Crippen molar-refractivity contribution in [1.29, 1.82) is 0 Å². The van der Waals surface area contributed by atoms with E-state index in [2.05, 4.69) is 33.5 Å². The van der Waals surface area contributed by atoms with Gasteiger partial charge in [0, 0.05) is 37.6 Å². The lowest BCUT2D eigenvalue weighted by atomic mass is 10.3. The van der Waals surface area contributed by atoms with Gasteiger partial charge in [-0.15, -0.1) is 11.3 Å². The fraction of sp³-hybridized carbons (Fsp3) is 0.450. The topological polar surface area (TPSA) is 44.8 Å². The second kappa shape index (κ2) is 10.1. The average molecular weight is 408 g/mol. The fourth-order valence-corrected chi connectivity index (χ4v) is 4.08. The highest BCUT2D eigenvalue weighted by Gasteiger charge is 2.19. The van der Waals surface area contributed by atoms with Gasteiger partial charge in [0.25, 0.3) is 0 Å². The maximum Gasteiger partial charge on any atom is 0.234 e. The third kappa shape index (κ3) is 6.21. The molecule has 1 aliphatic rings. The molecule has 0 spiro atoms. The molecule has 146 valence electrons. The molecule has 0 bridgehead atoms. The van der Waals surface area contributed by atoms with Gasteiger partial charge in [0.15, 0.2) is 0 Å². The Morgan fingerprint density at radius 2 is 1.93 bits per heavy atom. The van der Waals surface area contributed by atoms with Gasteiger partial charge in [0.2, 0.25) is 5.91 Å². The van der Waals surface area contributed by atoms with Gasteiger partial charge in [-0.1, -0.05) is 23.7 Å². The number of thiophene rings is 1. The molecule has 7 heteroatoms. The van der Waals surface area contributed by atoms with Gasteiger partial charge < -0.3 is 10.1 Å². The van der Waals surface area contributed by atoms with Crippen LogP contribution < -0.4 is 10.1 Å². The molecule has 1 amide bonds. The molecule has 1 aromatic heterocycles. The number of rotatable bonds is 8. The summed E-state index contributed by atoms with van der Waals surface area (Å²) in [7, 11) is 0. The SMILES string of the molecule is Cc1ccsc1CNC(=O)CN1CCN(CCOc2ccccc2Cl)CC1. The summed E-state index contributed by atoms with van der Waals surface area (Å²) in [6.07, 6.45) is 0. The van der Waals surface area contributed by atoms with Crippen LogP contribution in [0.5, 0.6) is 5.75 Å². The molecule has 1 fully saturated rings. The summed E-state index contributed by atoms with van der Waals surface area (Å²) in [5, 5.41) is 5.73. The summed E-state index contributed by atoms with van der Waals surface area (Å²) in [6.45, 7) is 8.34. The highest BCUT2D eigenvalue weighted by molar-refractivity contribution is 7.10. The maximum absolute atomic E-state index is 12.2. The molecule has 27 heavy (non-hydrogen) atoms. The summed E-state index contributed by atoms with van der Waals surface area (Å²) in [5.41, 5.74) is 1.24. The van der Waals surface area contributed by atoms with E-state index < -0.39 is 0 Å². The normalized spacial score (nSPS) is 15.6. The highest BCUT2D eigenvalue weighted by Crippen LogP contribution is 2.22. The Bertz CT molecular complexity index is 744. The van der Waals surface area contributed by atoms with Crippen LogP contribution in [-0.4, -0.2) is 61.6 Å². The Balaban J connectivity index is 1.31. The number of carbonyl (C=O) groups excluding carboxylic acids is 1. The van der Waals surface area contributed by atoms with Gasteiger partial charge in [0.1, 0.15) is 12.4 Å². The third-order valence-corrected chi connectivity index (χ3v) is 6.08. The number of piperazine rings is 1. The fourth-order valence-electron chi connectivity index (χ4n) is 3.04. The second-order valence-corrected chi connectivity index (χ2v) is 8.11. The molecule has 1 aliphatic heterocycles. The van der Waals surface area contributed by atoms with Gasteiger partial charge in [-0.25, -0.2) is 0 Å². The van der Waals surface area contributed by atoms with E-state index in [1.165, 1.54) is 10.4 Å². The molecule has 0 aliphatic carbocycles. The predicted octanol–water partition coefficient (Wildman–Crippen LogP) is 3.02. The van der Waals surface area contributed by atoms with Crippen LogP contribution in [0.3, 0.4) is 0 Å². The number of hydrogen-bond acceptors (Lipinski definition) is 5. The Hall–Kier alpha value is -1.60. The second-order valence-electron chi connectivity index (χ2n) is 6.70. The van der Waals surface area contributed by atoms with Crippen molar-refractivity contribution in [3.05, 3.63) is 51.2 Å². The molecular weight excluding hydrogens is 382 g/mol. The van der Waals surface area contributed by atoms with E-state index in [1.807, 2.05) is 24.3 Å². The minimum absolute atomic E-state index is 0.0957. The predicted molar refractivity (Wildman–Crippen MR) is 111 cm³/mol. The number of hydrogen-bond donors (Lipinski definition) is 1. The van der Waals surface area contributed by atoms with Gasteiger partial charge in [-0.3, -0.25) is 14.6 Å². The van der Waals surface area contributed by atoms with Crippen molar-refractivity contribution in [1.82, 2.24) is 15.1 Å². The number of aryl methyl sites for hydroxylation is 1. The van der Waals surface area contributed by atoms with E-state index in [4.69, 9.17) is 16.3 Å². The average Bonchev–Trinajstić information content (AvgIpc) is 3.08. The minimum atomic E-state index is 0.0957. The summed E-state index contributed by atoms with van der Waals surface area (Å²) in [6, 6.07) is 9.62. The van der Waals surface area contributed by atoms with Crippen molar-refractivity contribution in [2.75, 3.05) is 45.9 Å². The van der Waals surface area contributed by atoms with Gasteiger partial charge in [-0.2, -0.15) is 0 Å². The first-order valence-corrected chi connectivity index (χ1v) is 10.5. The summed E-state index contributed by atoms with van der Waals surface area (Å²) < 4.78 is 5.76. The van der Waals surface area contributed by atoms with Crippen molar-refractivity contribution in [2.45, 2.75) is 13.5 Å². The number of ether oxygens (including phenoxy) is 1. The van der Waals surface area contributed by atoms with Crippen molar-refractivity contribution in [3.8, 4) is 5.75 Å². The van der Waals surface area contributed by atoms with Crippen molar-refractivity contribution in [2.24, 2.45) is 0 Å². The van der Waals surface area contributed by atoms with Crippen molar-refractivity contribution < 1.29 is 9.53 Å². The third-order valence-electron chi connectivity index (χ3n) is 4.75. The van der Waals surface area contributed by atoms with Crippen LogP contribution in [0.2, 0.25) is 5.02 Å². The van der Waals surface area contributed by atoms with Crippen LogP contribution in [0.25, 0.3) is 0 Å². The van der Waals surface area contributed by atoms with Crippen LogP contribution >= 0.6 is 22.9 Å². The number of nitrogens with zero attached hydrogens (tertiary/aromatic N) is 2. The standard InChI is InChI=1S/C20H26ClN3O2S/c1-16-6-13-27-19(16)14-22-20(25)15-24-9-7-23(8-10-24)11-12-26-18-5-3-2-4-17(18)21/h2-6,13H,7-12,14-15H2,1H3,(H,22,25). The van der Waals surface area contributed by atoms with Gasteiger partial charge in [-0.05, 0) is 36.1 Å². The first-order valence-electron chi connectivity index (χ1n) is 9.23. The number of nitrogens with one attached hydrogen (secondary N) is 1. The van der Waals surface area contributed by atoms with Crippen LogP contribution in [-0.2, 0) is 11.3 Å². The molecule has 0 saturated carbocycles. The summed E-state index contributed by atoms with van der Waals surface area (Å²) in [5.74, 6) is 0.828. The van der Waals surface area contributed by atoms with E-state index in [1.54, 1.807) is 11.3 Å². The Kier molecular flexibility index (Phi) is 7.52. The smallest absolute Gasteiger partial charge is 0.234 e. The van der Waals surface area contributed by atoms with Crippen LogP contribution in [0.4, 0.5) is 0 Å². The number of para-hydroxylation sites is 1. The largest absolute Gasteiger partial charge is 0.491 e. The molecule has 0 radical (unpaired) electrons. The number of carbonyl (C=O) groups is 1. The lowest BCUT2D eigenvalue weighted by Gasteiger charge is -2.34. The Morgan fingerprint density at radius 3 is 2.63 bits per heavy atom. The first-order chi connectivity index (χ1) is 13.1. The summed E-state index contributed by atoms with van der Waals surface area (Å²) >= 11 is 7.79. The molecule has 2 heterocycles. The lowest BCUT2D eigenvalue weighted by Crippen LogP contribution is -2.50. The molecule has 2 aromatic rings. The maximum atomic E-state index is 12.2. The molecule has 5 nitrogen and oxygen atoms in total. The molecule has 0 unspecified atom stereocenters. The number of benzene rings is 1. The van der Waals surface area contributed by atoms with E-state index in [-0.39, 0.29) is 5.91 Å². The number of halogens is 1. The monoisotopic (exact) mass is 407 g/mol. The van der Waals surface area contributed by atoms with E-state index in [9.17, 15) is 4.79 Å². The zero-order valence-electron chi connectivity index (χ0n) is 15.6. The van der Waals surface area contributed by atoms with E-state index >= 15 is 0 Å². The molecule has 0 atom stereocenters. The van der Waals surface area contributed by atoms with Gasteiger partial charge >= 0.3 is 0 Å². The van der Waals surface area contributed by atoms with Crippen LogP contribution in [0, 0.1) is 6.92 Å². The molecule has 3 rings (SSSR count). The minimum Gasteiger partial charge on any atom is -0.491 e. The zero-order valence-corrected chi connectivity index (χ0v) is 17.2.